The predicted molar refractivity (Wildman–Crippen MR) is 170 cm³/mol. The molecular weight excluding hydrogens is 532 g/mol. The van der Waals surface area contributed by atoms with E-state index in [1.54, 1.807) is 34.6 Å². The number of amides is 1. The van der Waals surface area contributed by atoms with Gasteiger partial charge < -0.3 is 51.9 Å². The molecule has 0 bridgehead atoms. The maximum absolute atomic E-state index is 11.3. The summed E-state index contributed by atoms with van der Waals surface area (Å²) in [4.78, 5) is 11.3. The number of aliphatic hydroxyl groups excluding tert-OH is 2. The summed E-state index contributed by atoms with van der Waals surface area (Å²) in [5, 5.41) is 42.1. The standard InChI is InChI=1S/C12H23NO4.C10H21NO3.4C2H6.2H2O/c1-7-10(6-14)17-8(2)11(4,12(7,5)16)13-9(3)15;1-6-8(5-12)14-7(2)9(3,11)10(6,4)13;4*1-2;;/h7-8,10,14,16H,6H2,1-5H3,(H,13,15);6-8,12-13H,5,11H2,1-4H3;4*1-2H3;2*1H2. The van der Waals surface area contributed by atoms with Crippen molar-refractivity contribution in [2.75, 3.05) is 13.2 Å². The molecule has 0 aromatic carbocycles. The molecule has 0 aromatic rings. The Morgan fingerprint density at radius 3 is 1.29 bits per heavy atom. The lowest BCUT2D eigenvalue weighted by molar-refractivity contribution is -0.230. The van der Waals surface area contributed by atoms with Gasteiger partial charge in [0.15, 0.2) is 0 Å². The molecule has 0 aliphatic carbocycles. The number of aliphatic hydroxyl groups is 4. The number of nitrogens with two attached hydrogens (primary N) is 1. The number of nitrogens with one attached hydrogen (secondary N) is 1. The second kappa shape index (κ2) is 23.6. The van der Waals surface area contributed by atoms with Gasteiger partial charge in [0.05, 0.1) is 59.9 Å². The number of carbonyl (C=O) groups is 1. The first-order valence-corrected chi connectivity index (χ1v) is 15.0. The molecule has 10 unspecified atom stereocenters. The van der Waals surface area contributed by atoms with E-state index in [4.69, 9.17) is 20.3 Å². The summed E-state index contributed by atoms with van der Waals surface area (Å²) in [6.45, 7) is 31.4. The molecule has 11 heteroatoms. The molecule has 0 aromatic heterocycles. The lowest BCUT2D eigenvalue weighted by Gasteiger charge is -2.56. The van der Waals surface area contributed by atoms with Crippen LogP contribution in [0, 0.1) is 11.8 Å². The molecule has 41 heavy (non-hydrogen) atoms. The molecule has 0 radical (unpaired) electrons. The molecule has 2 fully saturated rings. The van der Waals surface area contributed by atoms with Crippen molar-refractivity contribution in [1.29, 1.82) is 0 Å². The normalized spacial score (nSPS) is 38.6. The molecule has 256 valence electrons. The second-order valence-corrected chi connectivity index (χ2v) is 10.0. The van der Waals surface area contributed by atoms with Gasteiger partial charge in [-0.2, -0.15) is 0 Å². The van der Waals surface area contributed by atoms with Gasteiger partial charge in [-0.05, 0) is 41.5 Å². The molecule has 11 N–H and O–H groups in total. The third-order valence-corrected chi connectivity index (χ3v) is 8.24. The van der Waals surface area contributed by atoms with E-state index in [9.17, 15) is 20.1 Å². The number of carbonyl (C=O) groups excluding carboxylic acids is 1. The topological polar surface area (TPSA) is 218 Å². The van der Waals surface area contributed by atoms with Crippen molar-refractivity contribution in [2.24, 2.45) is 17.6 Å². The molecule has 10 atom stereocenters. The minimum Gasteiger partial charge on any atom is -0.412 e. The average molecular weight is 605 g/mol. The average Bonchev–Trinajstić information content (AvgIpc) is 2.92. The highest BCUT2D eigenvalue weighted by atomic mass is 16.5. The van der Waals surface area contributed by atoms with Crippen LogP contribution in [0.5, 0.6) is 0 Å². The van der Waals surface area contributed by atoms with Crippen LogP contribution >= 0.6 is 0 Å². The largest absolute Gasteiger partial charge is 0.412 e. The van der Waals surface area contributed by atoms with Gasteiger partial charge >= 0.3 is 0 Å². The molecule has 2 heterocycles. The van der Waals surface area contributed by atoms with Crippen LogP contribution in [-0.2, 0) is 14.3 Å². The molecule has 2 rings (SSSR count). The van der Waals surface area contributed by atoms with E-state index in [-0.39, 0.29) is 60.2 Å². The van der Waals surface area contributed by atoms with E-state index in [0.717, 1.165) is 0 Å². The van der Waals surface area contributed by atoms with E-state index in [0.29, 0.717) is 0 Å². The summed E-state index contributed by atoms with van der Waals surface area (Å²) in [6.07, 6.45) is -1.40. The Bertz CT molecular complexity index is 633. The van der Waals surface area contributed by atoms with Crippen molar-refractivity contribution in [3.8, 4) is 0 Å². The Balaban J connectivity index is -0.000000116. The minimum atomic E-state index is -1.15. The van der Waals surface area contributed by atoms with Gasteiger partial charge in [0.2, 0.25) is 5.91 Å². The Morgan fingerprint density at radius 2 is 1.00 bits per heavy atom. The predicted octanol–water partition coefficient (Wildman–Crippen LogP) is 2.37. The maximum atomic E-state index is 11.3. The smallest absolute Gasteiger partial charge is 0.217 e. The summed E-state index contributed by atoms with van der Waals surface area (Å²) in [7, 11) is 0. The van der Waals surface area contributed by atoms with Crippen LogP contribution in [0.4, 0.5) is 0 Å². The highest BCUT2D eigenvalue weighted by Gasteiger charge is 2.58. The number of ether oxygens (including phenoxy) is 2. The van der Waals surface area contributed by atoms with Crippen LogP contribution in [0.1, 0.15) is 118 Å². The van der Waals surface area contributed by atoms with Gasteiger partial charge in [0.1, 0.15) is 0 Å². The van der Waals surface area contributed by atoms with Crippen LogP contribution in [0.2, 0.25) is 0 Å². The second-order valence-electron chi connectivity index (χ2n) is 10.0. The highest BCUT2D eigenvalue weighted by Crippen LogP contribution is 2.41. The van der Waals surface area contributed by atoms with Gasteiger partial charge in [-0.1, -0.05) is 69.2 Å². The quantitative estimate of drug-likeness (QED) is 0.280. The van der Waals surface area contributed by atoms with Crippen LogP contribution in [0.25, 0.3) is 0 Å². The van der Waals surface area contributed by atoms with Gasteiger partial charge in [0, 0.05) is 18.8 Å². The van der Waals surface area contributed by atoms with Crippen LogP contribution < -0.4 is 11.1 Å². The zero-order valence-corrected chi connectivity index (χ0v) is 29.5. The Morgan fingerprint density at radius 1 is 0.707 bits per heavy atom. The summed E-state index contributed by atoms with van der Waals surface area (Å²) in [5.74, 6) is -0.669. The summed E-state index contributed by atoms with van der Waals surface area (Å²) >= 11 is 0. The molecular formula is C30H72N2O9. The van der Waals surface area contributed by atoms with Crippen LogP contribution in [-0.4, -0.2) is 97.2 Å². The van der Waals surface area contributed by atoms with Crippen molar-refractivity contribution >= 4 is 5.91 Å². The van der Waals surface area contributed by atoms with Crippen molar-refractivity contribution in [3.05, 3.63) is 0 Å². The van der Waals surface area contributed by atoms with E-state index in [2.05, 4.69) is 5.32 Å². The van der Waals surface area contributed by atoms with E-state index < -0.39 is 28.4 Å². The fraction of sp³-hybridized carbons (Fsp3) is 0.967. The SMILES string of the molecule is CC.CC.CC.CC.CC(=O)NC1(C)C(C)OC(CO)C(C)C1(C)O.CC1OC(CO)C(C)C(C)(O)C1(C)N.O.O. The van der Waals surface area contributed by atoms with E-state index in [1.807, 2.05) is 76.2 Å². The summed E-state index contributed by atoms with van der Waals surface area (Å²) < 4.78 is 11.2. The zero-order valence-electron chi connectivity index (χ0n) is 29.5. The van der Waals surface area contributed by atoms with Gasteiger partial charge in [-0.3, -0.25) is 4.79 Å². The van der Waals surface area contributed by atoms with E-state index >= 15 is 0 Å². The first kappa shape index (κ1) is 52.7. The lowest BCUT2D eigenvalue weighted by Crippen LogP contribution is -2.74. The maximum Gasteiger partial charge on any atom is 0.217 e. The number of rotatable bonds is 3. The number of hydrogen-bond acceptors (Lipinski definition) is 8. The van der Waals surface area contributed by atoms with Crippen molar-refractivity contribution in [3.63, 3.8) is 0 Å². The first-order valence-electron chi connectivity index (χ1n) is 15.0. The Hall–Kier alpha value is -0.890. The zero-order chi connectivity index (χ0) is 32.6. The van der Waals surface area contributed by atoms with Crippen molar-refractivity contribution in [1.82, 2.24) is 5.32 Å². The summed E-state index contributed by atoms with van der Waals surface area (Å²) in [5.41, 5.74) is 2.21. The summed E-state index contributed by atoms with van der Waals surface area (Å²) in [6, 6.07) is 0. The van der Waals surface area contributed by atoms with Gasteiger partial charge in [-0.15, -0.1) is 0 Å². The molecule has 11 nitrogen and oxygen atoms in total. The molecule has 1 amide bonds. The molecule has 0 spiro atoms. The van der Waals surface area contributed by atoms with Crippen molar-refractivity contribution < 1.29 is 45.6 Å². The monoisotopic (exact) mass is 605 g/mol. The molecule has 2 aliphatic heterocycles. The Labute approximate surface area is 252 Å². The third kappa shape index (κ3) is 12.3. The lowest BCUT2D eigenvalue weighted by atomic mass is 9.67. The third-order valence-electron chi connectivity index (χ3n) is 8.24. The fourth-order valence-electron chi connectivity index (χ4n) is 4.54. The number of hydrogen-bond donors (Lipinski definition) is 6. The van der Waals surface area contributed by atoms with Gasteiger partial charge in [0.25, 0.3) is 0 Å². The molecule has 2 aliphatic rings. The molecule has 0 saturated carbocycles. The van der Waals surface area contributed by atoms with E-state index in [1.165, 1.54) is 6.92 Å². The Kier molecular flexibility index (Phi) is 30.3. The fourth-order valence-corrected chi connectivity index (χ4v) is 4.54. The van der Waals surface area contributed by atoms with Gasteiger partial charge in [-0.25, -0.2) is 0 Å². The molecule has 2 saturated heterocycles. The first-order chi connectivity index (χ1) is 17.9. The van der Waals surface area contributed by atoms with Crippen LogP contribution in [0.3, 0.4) is 0 Å². The van der Waals surface area contributed by atoms with Crippen molar-refractivity contribution in [2.45, 2.75) is 164 Å². The van der Waals surface area contributed by atoms with Crippen LogP contribution in [0.15, 0.2) is 0 Å². The minimum absolute atomic E-state index is 0. The highest BCUT2D eigenvalue weighted by molar-refractivity contribution is 5.74.